The molecule has 0 aliphatic heterocycles. The summed E-state index contributed by atoms with van der Waals surface area (Å²) in [7, 11) is 0. The summed E-state index contributed by atoms with van der Waals surface area (Å²) < 4.78 is 0. The van der Waals surface area contributed by atoms with Gasteiger partial charge in [-0.25, -0.2) is 0 Å². The van der Waals surface area contributed by atoms with Crippen molar-refractivity contribution in [2.45, 2.75) is 26.9 Å². The Balaban J connectivity index is 0.000000180. The number of rotatable bonds is 2. The molecule has 0 saturated carbocycles. The molecule has 0 spiro atoms. The van der Waals surface area contributed by atoms with Crippen molar-refractivity contribution in [3.8, 4) is 22.3 Å². The zero-order chi connectivity index (χ0) is 30.6. The predicted octanol–water partition coefficient (Wildman–Crippen LogP) is 6.17. The van der Waals surface area contributed by atoms with Crippen molar-refractivity contribution in [2.75, 3.05) is 0 Å². The fourth-order valence-electron chi connectivity index (χ4n) is 6.23. The zero-order valence-electron chi connectivity index (χ0n) is 26.6. The van der Waals surface area contributed by atoms with Crippen molar-refractivity contribution in [2.24, 2.45) is 0 Å². The summed E-state index contributed by atoms with van der Waals surface area (Å²) in [6.07, 6.45) is 0. The minimum atomic E-state index is 0. The van der Waals surface area contributed by atoms with Crippen LogP contribution in [-0.2, 0) is 23.3 Å². The first kappa shape index (κ1) is 35.6. The second kappa shape index (κ2) is 16.0. The first-order chi connectivity index (χ1) is 21.4. The van der Waals surface area contributed by atoms with E-state index in [0.29, 0.717) is 0 Å². The Morgan fingerprint density at radius 3 is 1.11 bits per heavy atom. The van der Waals surface area contributed by atoms with E-state index in [1.807, 2.05) is 0 Å². The average Bonchev–Trinajstić information content (AvgIpc) is 3.57. The van der Waals surface area contributed by atoms with Crippen LogP contribution in [0.4, 0.5) is 0 Å². The van der Waals surface area contributed by atoms with Crippen LogP contribution in [-0.4, -0.2) is 5.43 Å². The maximum atomic E-state index is 2.31. The SMILES string of the molecule is C[Si](C)=[Zr+2].Cc1c(-c2cccc3ccccc23)[cH-]c2ccccc12.Cc1c(-c2cccc3ccccc23)[cH-]c2ccccc12.[Cl-].[Cl-]. The van der Waals surface area contributed by atoms with E-state index < -0.39 is 0 Å². The van der Waals surface area contributed by atoms with Crippen molar-refractivity contribution in [1.29, 1.82) is 0 Å². The number of hydrogen-bond acceptors (Lipinski definition) is 0. The van der Waals surface area contributed by atoms with Gasteiger partial charge in [-0.3, -0.25) is 0 Å². The quantitative estimate of drug-likeness (QED) is 0.148. The van der Waals surface area contributed by atoms with Crippen LogP contribution in [0.25, 0.3) is 65.3 Å². The number of benzene rings is 6. The van der Waals surface area contributed by atoms with Crippen LogP contribution in [0.15, 0.2) is 146 Å². The molecule has 46 heavy (non-hydrogen) atoms. The minimum absolute atomic E-state index is 0. The van der Waals surface area contributed by atoms with Gasteiger partial charge >= 0.3 is 41.9 Å². The molecule has 8 aromatic rings. The topological polar surface area (TPSA) is 0 Å². The van der Waals surface area contributed by atoms with Gasteiger partial charge in [0.1, 0.15) is 0 Å². The summed E-state index contributed by atoms with van der Waals surface area (Å²) in [6.45, 7) is 9.06. The summed E-state index contributed by atoms with van der Waals surface area (Å²) in [5.41, 5.74) is 8.32. The van der Waals surface area contributed by atoms with Crippen LogP contribution in [0.5, 0.6) is 0 Å². The van der Waals surface area contributed by atoms with Crippen molar-refractivity contribution in [1.82, 2.24) is 0 Å². The molecule has 0 radical (unpaired) electrons. The first-order valence-corrected chi connectivity index (χ1v) is 21.4. The van der Waals surface area contributed by atoms with E-state index in [4.69, 9.17) is 0 Å². The third-order valence-corrected chi connectivity index (χ3v) is 8.30. The summed E-state index contributed by atoms with van der Waals surface area (Å²) in [6, 6.07) is 52.2. The Bertz CT molecular complexity index is 2090. The second-order valence-electron chi connectivity index (χ2n) is 11.6. The number of halogens is 2. The van der Waals surface area contributed by atoms with Crippen LogP contribution < -0.4 is 24.8 Å². The molecule has 0 unspecified atom stereocenters. The van der Waals surface area contributed by atoms with Gasteiger partial charge in [0, 0.05) is 0 Å². The Kier molecular flexibility index (Phi) is 12.4. The number of fused-ring (bicyclic) bond motifs is 4. The monoisotopic (exact) mass is 728 g/mol. The maximum absolute atomic E-state index is 2.31. The van der Waals surface area contributed by atoms with Gasteiger partial charge in [-0.15, -0.1) is 68.1 Å². The molecule has 0 bridgehead atoms. The van der Waals surface area contributed by atoms with E-state index in [2.05, 4.69) is 173 Å². The molecule has 0 aliphatic carbocycles. The second-order valence-corrected chi connectivity index (χ2v) is 21.0. The smallest absolute Gasteiger partial charge is 0.0253 e. The molecule has 0 aliphatic rings. The van der Waals surface area contributed by atoms with E-state index in [0.717, 1.165) is 0 Å². The molecule has 0 N–H and O–H groups in total. The maximum Gasteiger partial charge on any atom is -0.0253 e. The molecule has 8 aromatic carbocycles. The van der Waals surface area contributed by atoms with Gasteiger partial charge in [0.2, 0.25) is 0 Å². The van der Waals surface area contributed by atoms with Crippen LogP contribution in [0.1, 0.15) is 11.1 Å². The molecule has 228 valence electrons. The molecule has 0 amide bonds. The summed E-state index contributed by atoms with van der Waals surface area (Å²) in [5, 5.41) is 10.6. The average molecular weight is 731 g/mol. The van der Waals surface area contributed by atoms with Crippen molar-refractivity contribution < 1.29 is 48.1 Å². The largest absolute Gasteiger partial charge is 1.00 e. The third-order valence-electron chi connectivity index (χ3n) is 8.30. The zero-order valence-corrected chi connectivity index (χ0v) is 31.6. The minimum Gasteiger partial charge on any atom is -1.00 e. The van der Waals surface area contributed by atoms with E-state index in [1.54, 1.807) is 23.3 Å². The van der Waals surface area contributed by atoms with Gasteiger partial charge in [-0.1, -0.05) is 146 Å². The van der Waals surface area contributed by atoms with Gasteiger partial charge in [-0.2, -0.15) is 0 Å². The van der Waals surface area contributed by atoms with Crippen LogP contribution in [0.2, 0.25) is 13.1 Å². The fraction of sp³-hybridized carbons (Fsp3) is 0.0952. The van der Waals surface area contributed by atoms with Crippen molar-refractivity contribution >= 4 is 48.5 Å². The van der Waals surface area contributed by atoms with Gasteiger partial charge in [0.25, 0.3) is 0 Å². The normalized spacial score (nSPS) is 10.4. The van der Waals surface area contributed by atoms with E-state index in [1.165, 1.54) is 76.5 Å². The van der Waals surface area contributed by atoms with Gasteiger partial charge in [-0.05, 0) is 21.5 Å². The van der Waals surface area contributed by atoms with Crippen LogP contribution >= 0.6 is 0 Å². The fourth-order valence-corrected chi connectivity index (χ4v) is 6.23. The van der Waals surface area contributed by atoms with Gasteiger partial charge in [0.05, 0.1) is 0 Å². The van der Waals surface area contributed by atoms with Gasteiger partial charge < -0.3 is 24.8 Å². The molecular formula is C42H36Cl2SiZr-2. The Hall–Kier alpha value is -3.26. The molecule has 0 saturated heterocycles. The Morgan fingerprint density at radius 2 is 0.739 bits per heavy atom. The Labute approximate surface area is 300 Å². The van der Waals surface area contributed by atoms with Crippen LogP contribution in [0.3, 0.4) is 0 Å². The van der Waals surface area contributed by atoms with E-state index in [9.17, 15) is 0 Å². The summed E-state index contributed by atoms with van der Waals surface area (Å²) >= 11 is 1.74. The molecular weight excluding hydrogens is 695 g/mol. The number of hydrogen-bond donors (Lipinski definition) is 0. The third kappa shape index (κ3) is 7.48. The molecule has 8 rings (SSSR count). The summed E-state index contributed by atoms with van der Waals surface area (Å²) in [5.74, 6) is 0. The molecule has 0 heterocycles. The van der Waals surface area contributed by atoms with Crippen molar-refractivity contribution in [3.63, 3.8) is 0 Å². The Morgan fingerprint density at radius 1 is 0.435 bits per heavy atom. The molecule has 0 aromatic heterocycles. The molecule has 0 fully saturated rings. The van der Waals surface area contributed by atoms with E-state index >= 15 is 0 Å². The number of aryl methyl sites for hydroxylation is 2. The standard InChI is InChI=1S/2C20H15.C2H6Si.2ClH.Zr/c2*1-14-17-10-4-3-8-16(17)13-20(14)19-12-6-9-15-7-2-5-11-18(15)19;1-3-2;;;/h2*2-13H,1H3;1-2H3;2*1H;/q2*-1;;;;+2/p-2. The first-order valence-electron chi connectivity index (χ1n) is 15.2. The van der Waals surface area contributed by atoms with Gasteiger partial charge in [0.15, 0.2) is 0 Å². The summed E-state index contributed by atoms with van der Waals surface area (Å²) in [4.78, 5) is 0. The molecule has 4 heteroatoms. The molecule has 0 nitrogen and oxygen atoms in total. The molecule has 0 atom stereocenters. The van der Waals surface area contributed by atoms with Crippen LogP contribution in [0, 0.1) is 13.8 Å². The van der Waals surface area contributed by atoms with E-state index in [-0.39, 0.29) is 30.2 Å². The van der Waals surface area contributed by atoms with Crippen molar-refractivity contribution in [3.05, 3.63) is 157 Å². The predicted molar refractivity (Wildman–Crippen MR) is 192 cm³/mol.